The number of carbonyl (C=O) groups is 4. The molecule has 1 saturated carbocycles. The van der Waals surface area contributed by atoms with Gasteiger partial charge < -0.3 is 14.7 Å². The zero-order valence-corrected chi connectivity index (χ0v) is 17.9. The minimum Gasteiger partial charge on any atom is -0.481 e. The molecule has 4 aliphatic rings. The molecular weight excluding hydrogens is 412 g/mol. The van der Waals surface area contributed by atoms with Crippen LogP contribution in [0.4, 0.5) is 0 Å². The van der Waals surface area contributed by atoms with Crippen LogP contribution in [0.1, 0.15) is 85.0 Å². The van der Waals surface area contributed by atoms with Gasteiger partial charge in [-0.15, -0.1) is 0 Å². The van der Waals surface area contributed by atoms with E-state index >= 15 is 0 Å². The van der Waals surface area contributed by atoms with Gasteiger partial charge in [0.25, 0.3) is 5.91 Å². The highest BCUT2D eigenvalue weighted by Gasteiger charge is 2.48. The third kappa shape index (κ3) is 3.60. The molecular formula is C24H28N2O6. The van der Waals surface area contributed by atoms with Gasteiger partial charge in [-0.1, -0.05) is 12.1 Å². The molecule has 3 atom stereocenters. The fourth-order valence-corrected chi connectivity index (χ4v) is 5.90. The number of carbonyl (C=O) groups excluding carboxylic acids is 3. The standard InChI is InChI=1S/C24H28N2O6/c27-20-11-9-18(22(28)25-20)26-17-8-10-19(15-2-1-3-16(21(15)17)23(26)29)32-12-13-4-6-14(7-5-13)24(30)31/h1-3,13-14,17-19H,4-12H2,(H,30,31)(H,25,27,28). The van der Waals surface area contributed by atoms with Crippen molar-refractivity contribution in [1.82, 2.24) is 10.2 Å². The van der Waals surface area contributed by atoms with Gasteiger partial charge in [0.15, 0.2) is 0 Å². The first-order valence-corrected chi connectivity index (χ1v) is 11.6. The highest BCUT2D eigenvalue weighted by Crippen LogP contribution is 2.49. The second kappa shape index (κ2) is 8.31. The number of benzene rings is 1. The van der Waals surface area contributed by atoms with Gasteiger partial charge >= 0.3 is 5.97 Å². The van der Waals surface area contributed by atoms with E-state index in [-0.39, 0.29) is 42.2 Å². The number of nitrogens with zero attached hydrogens (tertiary/aromatic N) is 1. The maximum Gasteiger partial charge on any atom is 0.306 e. The molecule has 0 aromatic heterocycles. The Morgan fingerprint density at radius 3 is 2.53 bits per heavy atom. The van der Waals surface area contributed by atoms with E-state index in [9.17, 15) is 24.3 Å². The van der Waals surface area contributed by atoms with Gasteiger partial charge in [-0.25, -0.2) is 0 Å². The summed E-state index contributed by atoms with van der Waals surface area (Å²) in [5, 5.41) is 11.6. The van der Waals surface area contributed by atoms with Crippen molar-refractivity contribution in [2.24, 2.45) is 11.8 Å². The molecule has 2 fully saturated rings. The fraction of sp³-hybridized carbons (Fsp3) is 0.583. The van der Waals surface area contributed by atoms with E-state index in [0.717, 1.165) is 30.4 Å². The van der Waals surface area contributed by atoms with Crippen LogP contribution in [0, 0.1) is 11.8 Å². The molecule has 0 radical (unpaired) electrons. The lowest BCUT2D eigenvalue weighted by molar-refractivity contribution is -0.143. The molecule has 170 valence electrons. The van der Waals surface area contributed by atoms with Crippen molar-refractivity contribution in [3.8, 4) is 0 Å². The van der Waals surface area contributed by atoms with E-state index in [2.05, 4.69) is 5.32 Å². The average Bonchev–Trinajstić information content (AvgIpc) is 3.07. The number of amides is 3. The van der Waals surface area contributed by atoms with E-state index in [0.29, 0.717) is 43.8 Å². The number of hydrogen-bond donors (Lipinski definition) is 2. The Balaban J connectivity index is 1.30. The van der Waals surface area contributed by atoms with E-state index in [1.807, 2.05) is 18.2 Å². The predicted molar refractivity (Wildman–Crippen MR) is 113 cm³/mol. The lowest BCUT2D eigenvalue weighted by atomic mass is 9.82. The van der Waals surface area contributed by atoms with Crippen LogP contribution in [0.3, 0.4) is 0 Å². The quantitative estimate of drug-likeness (QED) is 0.681. The first kappa shape index (κ1) is 21.1. The summed E-state index contributed by atoms with van der Waals surface area (Å²) >= 11 is 0. The van der Waals surface area contributed by atoms with Crippen LogP contribution >= 0.6 is 0 Å². The van der Waals surface area contributed by atoms with Crippen molar-refractivity contribution in [3.63, 3.8) is 0 Å². The van der Waals surface area contributed by atoms with Crippen molar-refractivity contribution in [3.05, 3.63) is 34.9 Å². The second-order valence-corrected chi connectivity index (χ2v) is 9.46. The molecule has 1 aromatic rings. The third-order valence-electron chi connectivity index (χ3n) is 7.60. The Labute approximate surface area is 186 Å². The van der Waals surface area contributed by atoms with E-state index < -0.39 is 12.0 Å². The largest absolute Gasteiger partial charge is 0.481 e. The van der Waals surface area contributed by atoms with Gasteiger partial charge in [0, 0.05) is 12.0 Å². The Hall–Kier alpha value is -2.74. The molecule has 3 amide bonds. The number of nitrogens with one attached hydrogen (secondary N) is 1. The number of rotatable bonds is 5. The normalized spacial score (nSPS) is 31.9. The molecule has 1 aromatic carbocycles. The minimum atomic E-state index is -0.701. The molecule has 3 unspecified atom stereocenters. The van der Waals surface area contributed by atoms with Crippen molar-refractivity contribution in [1.29, 1.82) is 0 Å². The Morgan fingerprint density at radius 1 is 1.03 bits per heavy atom. The van der Waals surface area contributed by atoms with Gasteiger partial charge in [-0.05, 0) is 68.1 Å². The number of ether oxygens (including phenoxy) is 1. The molecule has 0 spiro atoms. The summed E-state index contributed by atoms with van der Waals surface area (Å²) in [6, 6.07) is 4.92. The summed E-state index contributed by atoms with van der Waals surface area (Å²) in [5.74, 6) is -1.39. The number of piperidine rings is 1. The van der Waals surface area contributed by atoms with Crippen LogP contribution < -0.4 is 5.32 Å². The first-order valence-electron chi connectivity index (χ1n) is 11.6. The van der Waals surface area contributed by atoms with Crippen molar-refractivity contribution < 1.29 is 29.0 Å². The van der Waals surface area contributed by atoms with Crippen molar-refractivity contribution in [2.45, 2.75) is 69.6 Å². The van der Waals surface area contributed by atoms with Gasteiger partial charge in [0.1, 0.15) is 6.04 Å². The molecule has 1 saturated heterocycles. The number of imide groups is 1. The van der Waals surface area contributed by atoms with Crippen LogP contribution in [-0.4, -0.2) is 46.3 Å². The first-order chi connectivity index (χ1) is 15.4. The van der Waals surface area contributed by atoms with Crippen molar-refractivity contribution in [2.75, 3.05) is 6.61 Å². The van der Waals surface area contributed by atoms with E-state index in [1.165, 1.54) is 0 Å². The Bertz CT molecular complexity index is 967. The summed E-state index contributed by atoms with van der Waals surface area (Å²) in [4.78, 5) is 50.1. The van der Waals surface area contributed by atoms with Crippen LogP contribution in [0.15, 0.2) is 18.2 Å². The molecule has 0 bridgehead atoms. The second-order valence-electron chi connectivity index (χ2n) is 9.46. The van der Waals surface area contributed by atoms with Crippen molar-refractivity contribution >= 4 is 23.7 Å². The third-order valence-corrected chi connectivity index (χ3v) is 7.60. The van der Waals surface area contributed by atoms with Gasteiger partial charge in [-0.2, -0.15) is 0 Å². The SMILES string of the molecule is O=C1CCC(N2C(=O)c3cccc4c3C2CCC4OCC2CCC(C(=O)O)CC2)C(=O)N1. The van der Waals surface area contributed by atoms with Gasteiger partial charge in [-0.3, -0.25) is 24.5 Å². The minimum absolute atomic E-state index is 0.104. The van der Waals surface area contributed by atoms with Crippen LogP contribution in [0.25, 0.3) is 0 Å². The topological polar surface area (TPSA) is 113 Å². The zero-order chi connectivity index (χ0) is 22.4. The Kier molecular flexibility index (Phi) is 5.49. The van der Waals surface area contributed by atoms with Gasteiger partial charge in [0.2, 0.25) is 11.8 Å². The van der Waals surface area contributed by atoms with Gasteiger partial charge in [0.05, 0.1) is 24.7 Å². The zero-order valence-electron chi connectivity index (χ0n) is 17.9. The molecule has 2 aliphatic heterocycles. The van der Waals surface area contributed by atoms with Crippen LogP contribution in [-0.2, 0) is 19.1 Å². The molecule has 8 nitrogen and oxygen atoms in total. The monoisotopic (exact) mass is 440 g/mol. The summed E-state index contributed by atoms with van der Waals surface area (Å²) in [7, 11) is 0. The van der Waals surface area contributed by atoms with E-state index in [4.69, 9.17) is 4.74 Å². The number of aliphatic carboxylic acids is 1. The molecule has 2 aliphatic carbocycles. The molecule has 2 N–H and O–H groups in total. The maximum absolute atomic E-state index is 13.2. The molecule has 5 rings (SSSR count). The number of carboxylic acids is 1. The highest BCUT2D eigenvalue weighted by molar-refractivity contribution is 6.06. The van der Waals surface area contributed by atoms with Crippen LogP contribution in [0.5, 0.6) is 0 Å². The number of hydrogen-bond acceptors (Lipinski definition) is 5. The number of carboxylic acid groups (broad SMARTS) is 1. The summed E-state index contributed by atoms with van der Waals surface area (Å²) < 4.78 is 6.33. The van der Waals surface area contributed by atoms with E-state index in [1.54, 1.807) is 4.90 Å². The smallest absolute Gasteiger partial charge is 0.306 e. The highest BCUT2D eigenvalue weighted by atomic mass is 16.5. The lowest BCUT2D eigenvalue weighted by Gasteiger charge is -2.38. The lowest BCUT2D eigenvalue weighted by Crippen LogP contribution is -2.53. The Morgan fingerprint density at radius 2 is 1.81 bits per heavy atom. The fourth-order valence-electron chi connectivity index (χ4n) is 5.90. The summed E-state index contributed by atoms with van der Waals surface area (Å²) in [6.07, 6.45) is 5.08. The summed E-state index contributed by atoms with van der Waals surface area (Å²) in [6.45, 7) is 0.593. The molecule has 8 heteroatoms. The maximum atomic E-state index is 13.2. The molecule has 2 heterocycles. The predicted octanol–water partition coefficient (Wildman–Crippen LogP) is 2.73. The summed E-state index contributed by atoms with van der Waals surface area (Å²) in [5.41, 5.74) is 2.61. The van der Waals surface area contributed by atoms with Crippen LogP contribution in [0.2, 0.25) is 0 Å². The molecule has 32 heavy (non-hydrogen) atoms. The average molecular weight is 440 g/mol.